The largest absolute Gasteiger partial charge is 0.166 e. The molecule has 0 saturated carbocycles. The third-order valence-electron chi connectivity index (χ3n) is 1.80. The Kier molecular flexibility index (Phi) is 5.08. The molecule has 0 aromatic carbocycles. The van der Waals surface area contributed by atoms with Gasteiger partial charge in [0.05, 0.1) is 11.6 Å². The van der Waals surface area contributed by atoms with E-state index in [1.165, 1.54) is 7.11 Å². The summed E-state index contributed by atoms with van der Waals surface area (Å²) in [7, 11) is 8.17. The summed E-state index contributed by atoms with van der Waals surface area (Å²) in [5.41, 5.74) is 8.35. The number of nitrogens with zero attached hydrogens (tertiary/aromatic N) is 3. The molecule has 0 aromatic heterocycles. The van der Waals surface area contributed by atoms with E-state index in [2.05, 4.69) is 28.1 Å². The lowest BCUT2D eigenvalue weighted by Crippen LogP contribution is -2.69. The summed E-state index contributed by atoms with van der Waals surface area (Å²) in [5.74, 6) is 0. The van der Waals surface area contributed by atoms with E-state index in [1.54, 1.807) is 28.2 Å². The zero-order valence-electron chi connectivity index (χ0n) is 9.37. The Hall–Kier alpha value is -0.610. The summed E-state index contributed by atoms with van der Waals surface area (Å²) in [6.07, 6.45) is 0. The van der Waals surface area contributed by atoms with Gasteiger partial charge in [0.25, 0.3) is 0 Å². The summed E-state index contributed by atoms with van der Waals surface area (Å²) >= 11 is 0. The highest BCUT2D eigenvalue weighted by Gasteiger charge is 2.42. The van der Waals surface area contributed by atoms with E-state index in [-0.39, 0.29) is 4.86 Å². The van der Waals surface area contributed by atoms with E-state index in [0.717, 1.165) is 0 Å². The smallest absolute Gasteiger partial charge is 0.123 e. The van der Waals surface area contributed by atoms with E-state index in [9.17, 15) is 0 Å². The van der Waals surface area contributed by atoms with E-state index in [0.29, 0.717) is 0 Å². The van der Waals surface area contributed by atoms with Gasteiger partial charge < -0.3 is 0 Å². The van der Waals surface area contributed by atoms with Crippen LogP contribution in [0.4, 0.5) is 0 Å². The van der Waals surface area contributed by atoms with Crippen molar-refractivity contribution in [2.75, 3.05) is 35.3 Å². The molecule has 84 valence electrons. The van der Waals surface area contributed by atoms with Crippen molar-refractivity contribution in [3.8, 4) is 0 Å². The van der Waals surface area contributed by atoms with Gasteiger partial charge in [0.15, 0.2) is 12.1 Å². The molecule has 1 atom stereocenters. The summed E-state index contributed by atoms with van der Waals surface area (Å²) in [6, 6.07) is 0. The molecule has 0 radical (unpaired) electrons. The van der Waals surface area contributed by atoms with Crippen molar-refractivity contribution in [2.24, 2.45) is 5.10 Å². The van der Waals surface area contributed by atoms with Crippen molar-refractivity contribution in [2.45, 2.75) is 0 Å². The van der Waals surface area contributed by atoms with Crippen molar-refractivity contribution in [3.63, 3.8) is 0 Å². The average Bonchev–Trinajstić information content (AvgIpc) is 2.26. The van der Waals surface area contributed by atoms with Crippen molar-refractivity contribution >= 4 is 6.72 Å². The quantitative estimate of drug-likeness (QED) is 0.275. The van der Waals surface area contributed by atoms with Crippen LogP contribution in [0.5, 0.6) is 0 Å². The number of quaternary nitrogens is 2. The van der Waals surface area contributed by atoms with E-state index >= 15 is 0 Å². The van der Waals surface area contributed by atoms with E-state index < -0.39 is 5.03 Å². The number of rotatable bonds is 7. The number of hydrogen-bond donors (Lipinski definition) is 3. The van der Waals surface area contributed by atoms with Crippen LogP contribution in [-0.4, -0.2) is 51.9 Å². The predicted molar refractivity (Wildman–Crippen MR) is 51.3 cm³/mol. The van der Waals surface area contributed by atoms with Crippen LogP contribution in [0.15, 0.2) is 5.10 Å². The monoisotopic (exact) mass is 208 g/mol. The Morgan fingerprint density at radius 2 is 1.64 bits per heavy atom. The molecule has 0 aromatic rings. The lowest BCUT2D eigenvalue weighted by atomic mass is 11.3. The van der Waals surface area contributed by atoms with Crippen LogP contribution < -0.4 is 16.3 Å². The first kappa shape index (κ1) is 13.4. The molecule has 8 heteroatoms. The van der Waals surface area contributed by atoms with E-state index in [4.69, 9.17) is 9.78 Å². The van der Waals surface area contributed by atoms with Crippen LogP contribution >= 0.6 is 0 Å². The van der Waals surface area contributed by atoms with Crippen LogP contribution in [0.2, 0.25) is 0 Å². The second-order valence-corrected chi connectivity index (χ2v) is 2.51. The highest BCUT2D eigenvalue weighted by Crippen LogP contribution is 2.07. The Labute approximate surface area is 84.0 Å². The lowest BCUT2D eigenvalue weighted by molar-refractivity contribution is -1.45. The molecule has 1 unspecified atom stereocenters. The van der Waals surface area contributed by atoms with Gasteiger partial charge in [-0.25, -0.2) is 0 Å². The van der Waals surface area contributed by atoms with E-state index in [1.807, 2.05) is 0 Å². The third-order valence-corrected chi connectivity index (χ3v) is 1.80. The first-order valence-corrected chi connectivity index (χ1v) is 4.09. The molecule has 0 saturated heterocycles. The van der Waals surface area contributed by atoms with Gasteiger partial charge in [0, 0.05) is 21.1 Å². The molecule has 14 heavy (non-hydrogen) atoms. The molecular weight excluding hydrogens is 188 g/mol. The van der Waals surface area contributed by atoms with Crippen LogP contribution in [0.25, 0.3) is 0 Å². The van der Waals surface area contributed by atoms with Gasteiger partial charge in [-0.3, -0.25) is 0 Å². The Morgan fingerprint density at radius 1 is 1.14 bits per heavy atom. The van der Waals surface area contributed by atoms with Crippen LogP contribution in [-0.2, 0) is 9.78 Å². The molecule has 0 heterocycles. The molecule has 0 aliphatic carbocycles. The highest BCUT2D eigenvalue weighted by atomic mass is 17.2. The second kappa shape index (κ2) is 5.32. The molecule has 0 amide bonds. The summed E-state index contributed by atoms with van der Waals surface area (Å²) in [4.78, 5) is 10.3. The minimum absolute atomic E-state index is 0.282. The molecule has 0 fully saturated rings. The van der Waals surface area contributed by atoms with Crippen molar-refractivity contribution in [1.29, 1.82) is 0 Å². The van der Waals surface area contributed by atoms with Gasteiger partial charge >= 0.3 is 0 Å². The van der Waals surface area contributed by atoms with Gasteiger partial charge in [0.2, 0.25) is 0 Å². The maximum Gasteiger partial charge on any atom is 0.166 e. The van der Waals surface area contributed by atoms with Crippen molar-refractivity contribution in [1.82, 2.24) is 16.3 Å². The number of hydrogen-bond acceptors (Lipinski definition) is 6. The predicted octanol–water partition coefficient (Wildman–Crippen LogP) is -1.32. The van der Waals surface area contributed by atoms with Crippen LogP contribution in [0.3, 0.4) is 0 Å². The first-order chi connectivity index (χ1) is 6.51. The topological polar surface area (TPSA) is 66.9 Å². The Bertz CT molecular complexity index is 177. The normalized spacial score (nSPS) is 16.4. The van der Waals surface area contributed by atoms with Gasteiger partial charge in [-0.15, -0.1) is 10.3 Å². The fourth-order valence-electron chi connectivity index (χ4n) is 0.771. The third kappa shape index (κ3) is 2.96. The maximum absolute atomic E-state index is 5.46. The summed E-state index contributed by atoms with van der Waals surface area (Å²) < 4.78 is 0. The van der Waals surface area contributed by atoms with Gasteiger partial charge in [0.1, 0.15) is 12.0 Å². The summed E-state index contributed by atoms with van der Waals surface area (Å²) in [6.45, 7) is 3.40. The Morgan fingerprint density at radius 3 is 1.86 bits per heavy atom. The van der Waals surface area contributed by atoms with Gasteiger partial charge in [-0.05, 0) is 5.10 Å². The minimum Gasteiger partial charge on any atom is -0.123 e. The fraction of sp³-hybridized carbons (Fsp3) is 0.833. The number of hydroxylamine groups is 1. The second-order valence-electron chi connectivity index (χ2n) is 2.51. The van der Waals surface area contributed by atoms with Crippen molar-refractivity contribution < 1.29 is 19.7 Å². The van der Waals surface area contributed by atoms with Crippen LogP contribution in [0, 0.1) is 0 Å². The molecule has 0 aliphatic heterocycles. The van der Waals surface area contributed by atoms with Gasteiger partial charge in [-0.2, -0.15) is 0 Å². The lowest BCUT2D eigenvalue weighted by Gasteiger charge is -2.29. The maximum atomic E-state index is 5.46. The van der Waals surface area contributed by atoms with Crippen molar-refractivity contribution in [3.05, 3.63) is 0 Å². The zero-order chi connectivity index (χ0) is 11.2. The molecule has 8 nitrogen and oxygen atoms in total. The molecule has 0 spiro atoms. The minimum atomic E-state index is -0.434. The Balaban J connectivity index is 4.64. The van der Waals surface area contributed by atoms with Crippen LogP contribution in [0.1, 0.15) is 0 Å². The first-order valence-electron chi connectivity index (χ1n) is 4.09. The standard InChI is InChI=1S/C6H20N6O2/c1-7-11(5,8-2)14-12(9-3,10-4)13-6/h8-10H,1H2,2-6H3/q+2. The fourth-order valence-corrected chi connectivity index (χ4v) is 0.771. The molecule has 0 bridgehead atoms. The average molecular weight is 208 g/mol. The molecular formula is C6H20N6O2+2. The molecule has 0 aliphatic rings. The zero-order valence-corrected chi connectivity index (χ0v) is 9.37. The number of nitrogens with one attached hydrogen (secondary N) is 3. The van der Waals surface area contributed by atoms with Gasteiger partial charge in [-0.1, -0.05) is 10.9 Å². The molecule has 3 N–H and O–H groups in total. The summed E-state index contributed by atoms with van der Waals surface area (Å²) in [5, 5.41) is 3.31. The molecule has 0 rings (SSSR count). The highest BCUT2D eigenvalue weighted by molar-refractivity contribution is 5.21. The SMILES string of the molecule is C=N[N+](C)(NC)O[N+](NC)(NC)OC.